The predicted molar refractivity (Wildman–Crippen MR) is 54.7 cm³/mol. The van der Waals surface area contributed by atoms with Gasteiger partial charge in [0.05, 0.1) is 11.3 Å². The van der Waals surface area contributed by atoms with Gasteiger partial charge < -0.3 is 0 Å². The highest BCUT2D eigenvalue weighted by atomic mass is 79.9. The van der Waals surface area contributed by atoms with E-state index in [1.54, 1.807) is 0 Å². The molecule has 0 unspecified atom stereocenters. The Morgan fingerprint density at radius 2 is 2.07 bits per heavy atom. The Hall–Kier alpha value is -0.270. The Morgan fingerprint density at radius 3 is 2.47 bits per heavy atom. The second kappa shape index (κ2) is 4.31. The topological polar surface area (TPSA) is 47.0 Å². The highest BCUT2D eigenvalue weighted by Crippen LogP contribution is 2.35. The zero-order valence-corrected chi connectivity index (χ0v) is 10.5. The highest BCUT2D eigenvalue weighted by Gasteiger charge is 2.26. The molecule has 1 aromatic rings. The quantitative estimate of drug-likeness (QED) is 0.787. The average Bonchev–Trinajstić information content (AvgIpc) is 2.06. The maximum absolute atomic E-state index is 12.6. The van der Waals surface area contributed by atoms with E-state index in [2.05, 4.69) is 20.9 Å². The fourth-order valence-electron chi connectivity index (χ4n) is 0.982. The van der Waals surface area contributed by atoms with E-state index >= 15 is 0 Å². The maximum atomic E-state index is 12.6. The van der Waals surface area contributed by atoms with Gasteiger partial charge in [-0.25, -0.2) is 17.2 Å². The SMILES string of the molecule is Cc1ncc(S(=O)(=O)Cl)c(C(F)F)c1Br. The van der Waals surface area contributed by atoms with Gasteiger partial charge in [-0.15, -0.1) is 0 Å². The van der Waals surface area contributed by atoms with Crippen molar-refractivity contribution in [2.24, 2.45) is 0 Å². The zero-order valence-electron chi connectivity index (χ0n) is 7.34. The summed E-state index contributed by atoms with van der Waals surface area (Å²) < 4.78 is 47.2. The van der Waals surface area contributed by atoms with Crippen molar-refractivity contribution in [1.29, 1.82) is 0 Å². The summed E-state index contributed by atoms with van der Waals surface area (Å²) in [6, 6.07) is 0. The molecule has 0 spiro atoms. The summed E-state index contributed by atoms with van der Waals surface area (Å²) in [5, 5.41) is 0. The molecule has 0 fully saturated rings. The molecule has 8 heteroatoms. The van der Waals surface area contributed by atoms with Gasteiger partial charge in [0.1, 0.15) is 4.90 Å². The van der Waals surface area contributed by atoms with Crippen LogP contribution >= 0.6 is 26.6 Å². The van der Waals surface area contributed by atoms with Gasteiger partial charge in [0, 0.05) is 21.4 Å². The van der Waals surface area contributed by atoms with E-state index in [-0.39, 0.29) is 10.2 Å². The Labute approximate surface area is 98.0 Å². The number of aryl methyl sites for hydroxylation is 1. The average molecular weight is 321 g/mol. The molecule has 0 aliphatic rings. The molecular formula is C7H5BrClF2NO2S. The molecule has 0 N–H and O–H groups in total. The molecule has 84 valence electrons. The number of alkyl halides is 2. The fourth-order valence-corrected chi connectivity index (χ4v) is 2.60. The smallest absolute Gasteiger partial charge is 0.259 e. The Morgan fingerprint density at radius 1 is 1.53 bits per heavy atom. The maximum Gasteiger partial charge on any atom is 0.266 e. The van der Waals surface area contributed by atoms with Crippen LogP contribution in [0.15, 0.2) is 15.6 Å². The van der Waals surface area contributed by atoms with Crippen molar-refractivity contribution < 1.29 is 17.2 Å². The first-order valence-electron chi connectivity index (χ1n) is 3.63. The van der Waals surface area contributed by atoms with Crippen molar-refractivity contribution in [2.45, 2.75) is 18.2 Å². The van der Waals surface area contributed by atoms with E-state index in [1.807, 2.05) is 0 Å². The predicted octanol–water partition coefficient (Wildman–Crippen LogP) is 3.02. The van der Waals surface area contributed by atoms with E-state index in [9.17, 15) is 17.2 Å². The third-order valence-corrected chi connectivity index (χ3v) is 4.03. The Kier molecular flexibility index (Phi) is 3.67. The molecule has 0 saturated carbocycles. The van der Waals surface area contributed by atoms with Crippen LogP contribution < -0.4 is 0 Å². The standard InChI is InChI=1S/C7H5BrClF2NO2S/c1-3-6(8)5(7(10)11)4(2-12-3)15(9,13)14/h2,7H,1H3. The van der Waals surface area contributed by atoms with E-state index < -0.39 is 25.9 Å². The number of halogens is 4. The van der Waals surface area contributed by atoms with Crippen LogP contribution in [0.3, 0.4) is 0 Å². The van der Waals surface area contributed by atoms with Crippen LogP contribution in [0, 0.1) is 6.92 Å². The first kappa shape index (κ1) is 12.8. The van der Waals surface area contributed by atoms with Gasteiger partial charge in [-0.1, -0.05) is 0 Å². The van der Waals surface area contributed by atoms with Crippen molar-refractivity contribution in [3.63, 3.8) is 0 Å². The lowest BCUT2D eigenvalue weighted by molar-refractivity contribution is 0.147. The fraction of sp³-hybridized carbons (Fsp3) is 0.286. The molecule has 0 bridgehead atoms. The number of aromatic nitrogens is 1. The molecule has 1 heterocycles. The number of nitrogens with zero attached hydrogens (tertiary/aromatic N) is 1. The summed E-state index contributed by atoms with van der Waals surface area (Å²) in [6.07, 6.45) is -2.12. The summed E-state index contributed by atoms with van der Waals surface area (Å²) in [7, 11) is 0.792. The van der Waals surface area contributed by atoms with Crippen molar-refractivity contribution in [1.82, 2.24) is 4.98 Å². The van der Waals surface area contributed by atoms with Crippen molar-refractivity contribution in [3.05, 3.63) is 21.9 Å². The third kappa shape index (κ3) is 2.64. The van der Waals surface area contributed by atoms with E-state index in [0.717, 1.165) is 6.20 Å². The van der Waals surface area contributed by atoms with Gasteiger partial charge >= 0.3 is 0 Å². The van der Waals surface area contributed by atoms with Gasteiger partial charge in [0.15, 0.2) is 0 Å². The summed E-state index contributed by atoms with van der Waals surface area (Å²) in [4.78, 5) is 2.97. The van der Waals surface area contributed by atoms with Crippen molar-refractivity contribution in [2.75, 3.05) is 0 Å². The molecule has 0 aliphatic heterocycles. The minimum Gasteiger partial charge on any atom is -0.259 e. The van der Waals surface area contributed by atoms with E-state index in [1.165, 1.54) is 6.92 Å². The minimum atomic E-state index is -4.22. The van der Waals surface area contributed by atoms with Crippen LogP contribution in [-0.4, -0.2) is 13.4 Å². The van der Waals surface area contributed by atoms with E-state index in [0.29, 0.717) is 0 Å². The molecule has 0 radical (unpaired) electrons. The first-order valence-corrected chi connectivity index (χ1v) is 6.73. The third-order valence-electron chi connectivity index (χ3n) is 1.68. The van der Waals surface area contributed by atoms with Crippen LogP contribution in [0.5, 0.6) is 0 Å². The zero-order chi connectivity index (χ0) is 11.8. The summed E-state index contributed by atoms with van der Waals surface area (Å²) >= 11 is 2.86. The van der Waals surface area contributed by atoms with Gasteiger partial charge in [0.2, 0.25) is 0 Å². The van der Waals surface area contributed by atoms with Crippen LogP contribution in [0.4, 0.5) is 8.78 Å². The minimum absolute atomic E-state index is 0.0424. The lowest BCUT2D eigenvalue weighted by atomic mass is 10.2. The molecule has 15 heavy (non-hydrogen) atoms. The van der Waals surface area contributed by atoms with Crippen molar-refractivity contribution in [3.8, 4) is 0 Å². The molecule has 0 atom stereocenters. The number of pyridine rings is 1. The molecule has 1 aromatic heterocycles. The normalized spacial score (nSPS) is 12.1. The second-order valence-electron chi connectivity index (χ2n) is 2.67. The molecule has 1 rings (SSSR count). The number of hydrogen-bond acceptors (Lipinski definition) is 3. The van der Waals surface area contributed by atoms with Gasteiger partial charge in [-0.3, -0.25) is 4.98 Å². The van der Waals surface area contributed by atoms with Crippen LogP contribution in [0.1, 0.15) is 17.7 Å². The van der Waals surface area contributed by atoms with Gasteiger partial charge in [-0.05, 0) is 22.9 Å². The lowest BCUT2D eigenvalue weighted by Gasteiger charge is -2.09. The second-order valence-corrected chi connectivity index (χ2v) is 6.00. The van der Waals surface area contributed by atoms with Crippen LogP contribution in [-0.2, 0) is 9.05 Å². The lowest BCUT2D eigenvalue weighted by Crippen LogP contribution is -2.03. The highest BCUT2D eigenvalue weighted by molar-refractivity contribution is 9.10. The molecule has 0 saturated heterocycles. The first-order chi connectivity index (χ1) is 6.75. The monoisotopic (exact) mass is 319 g/mol. The molecule has 0 aromatic carbocycles. The van der Waals surface area contributed by atoms with Gasteiger partial charge in [-0.2, -0.15) is 0 Å². The molecule has 0 amide bonds. The Balaban J connectivity index is 3.62. The Bertz CT molecular complexity index is 492. The largest absolute Gasteiger partial charge is 0.266 e. The molecule has 0 aliphatic carbocycles. The number of hydrogen-bond donors (Lipinski definition) is 0. The molecular weight excluding hydrogens is 316 g/mol. The summed E-state index contributed by atoms with van der Waals surface area (Å²) in [6.45, 7) is 1.47. The van der Waals surface area contributed by atoms with Crippen molar-refractivity contribution >= 4 is 35.7 Å². The molecule has 3 nitrogen and oxygen atoms in total. The van der Waals surface area contributed by atoms with E-state index in [4.69, 9.17) is 10.7 Å². The van der Waals surface area contributed by atoms with Crippen LogP contribution in [0.2, 0.25) is 0 Å². The summed E-state index contributed by atoms with van der Waals surface area (Å²) in [5.74, 6) is 0. The van der Waals surface area contributed by atoms with Gasteiger partial charge in [0.25, 0.3) is 15.5 Å². The summed E-state index contributed by atoms with van der Waals surface area (Å²) in [5.41, 5.74) is -0.383. The van der Waals surface area contributed by atoms with Crippen LogP contribution in [0.25, 0.3) is 0 Å². The number of rotatable bonds is 2.